The summed E-state index contributed by atoms with van der Waals surface area (Å²) in [7, 11) is 5.30. The van der Waals surface area contributed by atoms with Crippen molar-refractivity contribution >= 4 is 23.2 Å². The zero-order valence-corrected chi connectivity index (χ0v) is 20.4. The molecule has 0 fully saturated rings. The lowest BCUT2D eigenvalue weighted by Gasteiger charge is -2.10. The van der Waals surface area contributed by atoms with E-state index in [1.807, 2.05) is 31.2 Å². The first-order valence-electron chi connectivity index (χ1n) is 10.9. The number of hydrogen-bond acceptors (Lipinski definition) is 8. The van der Waals surface area contributed by atoms with Crippen molar-refractivity contribution in [2.45, 2.75) is 6.92 Å². The number of aromatic nitrogens is 2. The van der Waals surface area contributed by atoms with Crippen LogP contribution in [0.4, 0.5) is 0 Å². The molecule has 2 heterocycles. The van der Waals surface area contributed by atoms with Crippen LogP contribution >= 0.6 is 0 Å². The fraction of sp³-hybridized carbons (Fsp3) is 0.185. The number of carbonyl (C=O) groups is 3. The van der Waals surface area contributed by atoms with Crippen molar-refractivity contribution < 1.29 is 33.3 Å². The highest BCUT2D eigenvalue weighted by Gasteiger charge is 2.33. The van der Waals surface area contributed by atoms with Gasteiger partial charge in [0.15, 0.2) is 11.5 Å². The molecule has 0 saturated heterocycles. The van der Waals surface area contributed by atoms with E-state index in [1.165, 1.54) is 51.3 Å². The Morgan fingerprint density at radius 3 is 2.03 bits per heavy atom. The van der Waals surface area contributed by atoms with Gasteiger partial charge < -0.3 is 18.9 Å². The van der Waals surface area contributed by atoms with Gasteiger partial charge in [0.2, 0.25) is 5.78 Å². The van der Waals surface area contributed by atoms with Crippen molar-refractivity contribution in [2.75, 3.05) is 28.4 Å². The van der Waals surface area contributed by atoms with Crippen LogP contribution in [0.15, 0.2) is 54.9 Å². The van der Waals surface area contributed by atoms with Gasteiger partial charge in [-0.25, -0.2) is 14.6 Å². The summed E-state index contributed by atoms with van der Waals surface area (Å²) in [6.45, 7) is 1.97. The second-order valence-electron chi connectivity index (χ2n) is 7.88. The van der Waals surface area contributed by atoms with Gasteiger partial charge in [0, 0.05) is 11.1 Å². The topological polar surface area (TPSA) is 105 Å². The van der Waals surface area contributed by atoms with E-state index in [0.29, 0.717) is 17.2 Å². The van der Waals surface area contributed by atoms with Crippen LogP contribution in [0.5, 0.6) is 11.5 Å². The molecule has 4 rings (SSSR count). The third-order valence-corrected chi connectivity index (χ3v) is 5.82. The number of aryl methyl sites for hydroxylation is 1. The number of benzene rings is 2. The number of ketones is 1. The number of hydrogen-bond donors (Lipinski definition) is 0. The molecule has 0 saturated carbocycles. The lowest BCUT2D eigenvalue weighted by molar-refractivity contribution is 0.0556. The second-order valence-corrected chi connectivity index (χ2v) is 7.88. The number of rotatable bonds is 7. The largest absolute Gasteiger partial charge is 0.493 e. The van der Waals surface area contributed by atoms with Crippen LogP contribution in [-0.2, 0) is 9.47 Å². The van der Waals surface area contributed by atoms with Gasteiger partial charge in [0.05, 0.1) is 39.6 Å². The first-order chi connectivity index (χ1) is 17.3. The van der Waals surface area contributed by atoms with Crippen molar-refractivity contribution in [3.63, 3.8) is 0 Å². The average Bonchev–Trinajstić information content (AvgIpc) is 3.26. The Morgan fingerprint density at radius 1 is 0.778 bits per heavy atom. The summed E-state index contributed by atoms with van der Waals surface area (Å²) >= 11 is 0. The van der Waals surface area contributed by atoms with Gasteiger partial charge in [-0.05, 0) is 31.2 Å². The Hall–Kier alpha value is -4.66. The minimum Gasteiger partial charge on any atom is -0.493 e. The molecule has 0 bridgehead atoms. The molecule has 0 aliphatic carbocycles. The highest BCUT2D eigenvalue weighted by atomic mass is 16.5. The Morgan fingerprint density at radius 2 is 1.42 bits per heavy atom. The van der Waals surface area contributed by atoms with Crippen molar-refractivity contribution in [3.8, 4) is 22.8 Å². The van der Waals surface area contributed by atoms with E-state index < -0.39 is 17.7 Å². The molecular formula is C27H24N2O7. The molecule has 9 nitrogen and oxygen atoms in total. The van der Waals surface area contributed by atoms with E-state index >= 15 is 0 Å². The van der Waals surface area contributed by atoms with Gasteiger partial charge in [-0.15, -0.1) is 0 Å². The standard InChI is InChI=1S/C27H24N2O7/c1-15-6-8-16(9-7-15)18-13-19-22(26(31)35-4)23(27(32)36-5)24(29(19)14-28-18)25(30)17-10-11-20(33-2)21(12-17)34-3/h6-14H,1-5H3. The van der Waals surface area contributed by atoms with E-state index in [-0.39, 0.29) is 27.9 Å². The van der Waals surface area contributed by atoms with E-state index in [9.17, 15) is 14.4 Å². The SMILES string of the molecule is COC(=O)c1c(C(=O)OC)c2cc(-c3ccc(C)cc3)ncn2c1C(=O)c1ccc(OC)c(OC)c1. The third-order valence-electron chi connectivity index (χ3n) is 5.82. The molecule has 0 N–H and O–H groups in total. The smallest absolute Gasteiger partial charge is 0.341 e. The summed E-state index contributed by atoms with van der Waals surface area (Å²) < 4.78 is 21.9. The molecular weight excluding hydrogens is 464 g/mol. The molecule has 2 aromatic heterocycles. The molecule has 184 valence electrons. The predicted molar refractivity (Wildman–Crippen MR) is 131 cm³/mol. The summed E-state index contributed by atoms with van der Waals surface area (Å²) in [5.74, 6) is -1.44. The predicted octanol–water partition coefficient (Wildman–Crippen LogP) is 4.13. The van der Waals surface area contributed by atoms with Crippen LogP contribution in [0.2, 0.25) is 0 Å². The molecule has 0 radical (unpaired) electrons. The minimum absolute atomic E-state index is 0.0903. The van der Waals surface area contributed by atoms with Gasteiger partial charge in [-0.2, -0.15) is 0 Å². The second kappa shape index (κ2) is 9.91. The van der Waals surface area contributed by atoms with Gasteiger partial charge in [0.1, 0.15) is 23.1 Å². The maximum atomic E-state index is 13.8. The van der Waals surface area contributed by atoms with Crippen LogP contribution in [0.3, 0.4) is 0 Å². The average molecular weight is 488 g/mol. The monoisotopic (exact) mass is 488 g/mol. The fourth-order valence-electron chi connectivity index (χ4n) is 3.98. The highest BCUT2D eigenvalue weighted by Crippen LogP contribution is 2.33. The van der Waals surface area contributed by atoms with Gasteiger partial charge >= 0.3 is 11.9 Å². The van der Waals surface area contributed by atoms with Gasteiger partial charge in [-0.3, -0.25) is 9.20 Å². The molecule has 0 aliphatic rings. The van der Waals surface area contributed by atoms with E-state index in [2.05, 4.69) is 4.98 Å². The summed E-state index contributed by atoms with van der Waals surface area (Å²) in [5.41, 5.74) is 2.50. The molecule has 0 unspecified atom stereocenters. The van der Waals surface area contributed by atoms with Crippen molar-refractivity contribution in [1.29, 1.82) is 0 Å². The van der Waals surface area contributed by atoms with Crippen LogP contribution < -0.4 is 9.47 Å². The maximum Gasteiger partial charge on any atom is 0.341 e. The summed E-state index contributed by atoms with van der Waals surface area (Å²) in [6.07, 6.45) is 1.40. The number of nitrogens with zero attached hydrogens (tertiary/aromatic N) is 2. The number of ether oxygens (including phenoxy) is 4. The van der Waals surface area contributed by atoms with Crippen LogP contribution in [0.25, 0.3) is 16.8 Å². The van der Waals surface area contributed by atoms with E-state index in [0.717, 1.165) is 11.1 Å². The normalized spacial score (nSPS) is 10.7. The Kier molecular flexibility index (Phi) is 6.73. The summed E-state index contributed by atoms with van der Waals surface area (Å²) in [6, 6.07) is 13.9. The molecule has 0 aliphatic heterocycles. The van der Waals surface area contributed by atoms with E-state index in [1.54, 1.807) is 12.1 Å². The number of carbonyl (C=O) groups excluding carboxylic acids is 3. The molecule has 0 spiro atoms. The molecule has 2 aromatic carbocycles. The fourth-order valence-corrected chi connectivity index (χ4v) is 3.98. The van der Waals surface area contributed by atoms with Crippen LogP contribution in [0.1, 0.15) is 42.3 Å². The molecule has 36 heavy (non-hydrogen) atoms. The zero-order valence-electron chi connectivity index (χ0n) is 20.4. The summed E-state index contributed by atoms with van der Waals surface area (Å²) in [4.78, 5) is 44.1. The maximum absolute atomic E-state index is 13.8. The number of methoxy groups -OCH3 is 4. The Labute approximate surface area is 207 Å². The van der Waals surface area contributed by atoms with Crippen LogP contribution in [-0.4, -0.2) is 55.5 Å². The molecule has 9 heteroatoms. The third kappa shape index (κ3) is 4.15. The zero-order chi connectivity index (χ0) is 26.0. The number of esters is 2. The molecule has 4 aromatic rings. The first-order valence-corrected chi connectivity index (χ1v) is 10.9. The lowest BCUT2D eigenvalue weighted by atomic mass is 10.0. The quantitative estimate of drug-likeness (QED) is 0.282. The van der Waals surface area contributed by atoms with Crippen LogP contribution in [0, 0.1) is 6.92 Å². The molecule has 0 amide bonds. The Balaban J connectivity index is 2.02. The highest BCUT2D eigenvalue weighted by molar-refractivity contribution is 6.20. The van der Waals surface area contributed by atoms with Crippen molar-refractivity contribution in [3.05, 3.63) is 82.8 Å². The Bertz CT molecular complexity index is 1490. The number of fused-ring (bicyclic) bond motifs is 1. The molecule has 0 atom stereocenters. The minimum atomic E-state index is -0.861. The summed E-state index contributed by atoms with van der Waals surface area (Å²) in [5, 5.41) is 0. The first kappa shape index (κ1) is 24.5. The van der Waals surface area contributed by atoms with Gasteiger partial charge in [0.25, 0.3) is 0 Å². The van der Waals surface area contributed by atoms with E-state index in [4.69, 9.17) is 18.9 Å². The lowest BCUT2D eigenvalue weighted by Crippen LogP contribution is -2.15. The van der Waals surface area contributed by atoms with Gasteiger partial charge in [-0.1, -0.05) is 29.8 Å². The van der Waals surface area contributed by atoms with Crippen molar-refractivity contribution in [1.82, 2.24) is 9.38 Å². The van der Waals surface area contributed by atoms with Crippen molar-refractivity contribution in [2.24, 2.45) is 0 Å².